The van der Waals surface area contributed by atoms with E-state index >= 15 is 0 Å². The van der Waals surface area contributed by atoms with Crippen molar-refractivity contribution in [1.82, 2.24) is 0 Å². The highest BCUT2D eigenvalue weighted by Crippen LogP contribution is 2.31. The number of rotatable bonds is 5. The van der Waals surface area contributed by atoms with Crippen LogP contribution in [0.15, 0.2) is 24.3 Å². The fourth-order valence-electron chi connectivity index (χ4n) is 2.26. The first kappa shape index (κ1) is 15.4. The van der Waals surface area contributed by atoms with Gasteiger partial charge in [0.25, 0.3) is 0 Å². The van der Waals surface area contributed by atoms with Crippen molar-refractivity contribution in [1.29, 1.82) is 0 Å². The fourth-order valence-corrected chi connectivity index (χ4v) is 2.26. The van der Waals surface area contributed by atoms with Crippen molar-refractivity contribution in [2.24, 2.45) is 5.41 Å². The first-order valence-electron chi connectivity index (χ1n) is 6.58. The van der Waals surface area contributed by atoms with E-state index in [2.05, 4.69) is 0 Å². The van der Waals surface area contributed by atoms with Crippen LogP contribution in [-0.2, 0) is 9.53 Å². The molecule has 0 heterocycles. The molecule has 0 amide bonds. The second kappa shape index (κ2) is 6.00. The predicted octanol–water partition coefficient (Wildman–Crippen LogP) is 3.55. The Bertz CT molecular complexity index is 475. The van der Waals surface area contributed by atoms with Gasteiger partial charge in [-0.15, -0.1) is 0 Å². The highest BCUT2D eigenvalue weighted by molar-refractivity contribution is 6.01. The zero-order valence-electron chi connectivity index (χ0n) is 12.3. The lowest BCUT2D eigenvalue weighted by atomic mass is 9.77. The monoisotopic (exact) mass is 262 g/mol. The van der Waals surface area contributed by atoms with E-state index in [1.54, 1.807) is 0 Å². The Kier molecular flexibility index (Phi) is 4.87. The molecule has 3 heteroatoms. The molecule has 3 nitrogen and oxygen atoms in total. The number of hydrogen-bond donors (Lipinski definition) is 0. The average molecular weight is 262 g/mol. The van der Waals surface area contributed by atoms with Gasteiger partial charge in [0, 0.05) is 12.5 Å². The molecule has 1 unspecified atom stereocenters. The minimum absolute atomic E-state index is 0.0127. The Hall–Kier alpha value is -1.64. The number of carbonyl (C=O) groups excluding carboxylic acids is 2. The van der Waals surface area contributed by atoms with E-state index in [-0.39, 0.29) is 11.8 Å². The molecule has 0 saturated carbocycles. The van der Waals surface area contributed by atoms with Gasteiger partial charge in [-0.1, -0.05) is 31.2 Å². The van der Waals surface area contributed by atoms with Gasteiger partial charge in [-0.05, 0) is 32.8 Å². The topological polar surface area (TPSA) is 43.4 Å². The summed E-state index contributed by atoms with van der Waals surface area (Å²) in [7, 11) is 0. The summed E-state index contributed by atoms with van der Waals surface area (Å²) < 4.78 is 5.29. The van der Waals surface area contributed by atoms with Crippen LogP contribution >= 0.6 is 0 Å². The number of ether oxygens (including phenoxy) is 1. The lowest BCUT2D eigenvalue weighted by Gasteiger charge is -2.32. The number of aryl methyl sites for hydroxylation is 1. The maximum atomic E-state index is 12.7. The van der Waals surface area contributed by atoms with Crippen LogP contribution in [0.3, 0.4) is 0 Å². The third kappa shape index (κ3) is 3.43. The van der Waals surface area contributed by atoms with E-state index in [1.165, 1.54) is 6.92 Å². The van der Waals surface area contributed by atoms with Crippen molar-refractivity contribution in [3.63, 3.8) is 0 Å². The minimum Gasteiger partial charge on any atom is -0.462 e. The average Bonchev–Trinajstić information content (AvgIpc) is 2.35. The van der Waals surface area contributed by atoms with Crippen molar-refractivity contribution < 1.29 is 14.3 Å². The predicted molar refractivity (Wildman–Crippen MR) is 75.1 cm³/mol. The summed E-state index contributed by atoms with van der Waals surface area (Å²) >= 11 is 0. The molecule has 0 N–H and O–H groups in total. The quantitative estimate of drug-likeness (QED) is 0.602. The van der Waals surface area contributed by atoms with Crippen LogP contribution in [0.1, 0.15) is 50.0 Å². The van der Waals surface area contributed by atoms with E-state index in [9.17, 15) is 9.59 Å². The molecule has 0 bridgehead atoms. The van der Waals surface area contributed by atoms with Gasteiger partial charge in [-0.3, -0.25) is 9.59 Å². The largest absolute Gasteiger partial charge is 0.462 e. The molecule has 1 aromatic carbocycles. The number of Topliss-reactive ketones (excluding diaryl/α,β-unsaturated/α-hetero) is 1. The molecule has 1 atom stereocenters. The van der Waals surface area contributed by atoms with Gasteiger partial charge < -0.3 is 4.74 Å². The second-order valence-corrected chi connectivity index (χ2v) is 5.37. The van der Waals surface area contributed by atoms with Gasteiger partial charge in [0.15, 0.2) is 5.78 Å². The number of hydrogen-bond acceptors (Lipinski definition) is 3. The molecule has 0 fully saturated rings. The molecule has 0 radical (unpaired) electrons. The van der Waals surface area contributed by atoms with Crippen molar-refractivity contribution in [3.05, 3.63) is 35.4 Å². The van der Waals surface area contributed by atoms with E-state index in [4.69, 9.17) is 4.74 Å². The summed E-state index contributed by atoms with van der Waals surface area (Å²) in [5, 5.41) is 0. The lowest BCUT2D eigenvalue weighted by molar-refractivity contribution is -0.150. The molecule has 0 aliphatic carbocycles. The Labute approximate surface area is 115 Å². The molecule has 0 aromatic heterocycles. The Balaban J connectivity index is 3.08. The van der Waals surface area contributed by atoms with E-state index in [0.29, 0.717) is 12.0 Å². The third-order valence-electron chi connectivity index (χ3n) is 3.46. The van der Waals surface area contributed by atoms with Crippen LogP contribution in [0.5, 0.6) is 0 Å². The number of ketones is 1. The summed E-state index contributed by atoms with van der Waals surface area (Å²) in [6.07, 6.45) is 0.210. The SMILES string of the molecule is CCC(OC(C)=O)C(C)(C)C(=O)c1ccccc1C. The zero-order valence-corrected chi connectivity index (χ0v) is 12.3. The first-order valence-corrected chi connectivity index (χ1v) is 6.58. The van der Waals surface area contributed by atoms with Crippen molar-refractivity contribution >= 4 is 11.8 Å². The summed E-state index contributed by atoms with van der Waals surface area (Å²) in [6, 6.07) is 7.49. The molecular formula is C16H22O3. The molecule has 0 aliphatic heterocycles. The van der Waals surface area contributed by atoms with Crippen LogP contribution < -0.4 is 0 Å². The number of esters is 1. The molecule has 0 spiro atoms. The Morgan fingerprint density at radius 3 is 2.32 bits per heavy atom. The van der Waals surface area contributed by atoms with E-state index in [1.807, 2.05) is 52.0 Å². The molecule has 1 aromatic rings. The normalized spacial score (nSPS) is 12.9. The highest BCUT2D eigenvalue weighted by Gasteiger charge is 2.38. The van der Waals surface area contributed by atoms with Crippen LogP contribution in [0.25, 0.3) is 0 Å². The van der Waals surface area contributed by atoms with Crippen molar-refractivity contribution in [2.45, 2.75) is 47.1 Å². The standard InChI is InChI=1S/C16H22O3/c1-6-14(19-12(3)17)16(4,5)15(18)13-10-8-7-9-11(13)2/h7-10,14H,6H2,1-5H3. The van der Waals surface area contributed by atoms with Crippen LogP contribution in [0.4, 0.5) is 0 Å². The van der Waals surface area contributed by atoms with Gasteiger partial charge in [-0.2, -0.15) is 0 Å². The highest BCUT2D eigenvalue weighted by atomic mass is 16.5. The molecule has 0 saturated heterocycles. The maximum Gasteiger partial charge on any atom is 0.302 e. The van der Waals surface area contributed by atoms with Crippen LogP contribution in [0.2, 0.25) is 0 Å². The summed E-state index contributed by atoms with van der Waals surface area (Å²) in [4.78, 5) is 23.8. The Morgan fingerprint density at radius 1 is 1.26 bits per heavy atom. The van der Waals surface area contributed by atoms with Gasteiger partial charge in [0.05, 0.1) is 5.41 Å². The molecule has 104 valence electrons. The first-order chi connectivity index (χ1) is 8.80. The van der Waals surface area contributed by atoms with E-state index in [0.717, 1.165) is 5.56 Å². The molecular weight excluding hydrogens is 240 g/mol. The van der Waals surface area contributed by atoms with Crippen molar-refractivity contribution in [3.8, 4) is 0 Å². The number of carbonyl (C=O) groups is 2. The second-order valence-electron chi connectivity index (χ2n) is 5.37. The molecule has 19 heavy (non-hydrogen) atoms. The zero-order chi connectivity index (χ0) is 14.6. The smallest absolute Gasteiger partial charge is 0.302 e. The minimum atomic E-state index is -0.730. The Morgan fingerprint density at radius 2 is 1.84 bits per heavy atom. The lowest BCUT2D eigenvalue weighted by Crippen LogP contribution is -2.40. The van der Waals surface area contributed by atoms with Crippen LogP contribution in [-0.4, -0.2) is 17.9 Å². The van der Waals surface area contributed by atoms with Gasteiger partial charge >= 0.3 is 5.97 Å². The van der Waals surface area contributed by atoms with Gasteiger partial charge in [0.1, 0.15) is 6.10 Å². The van der Waals surface area contributed by atoms with Gasteiger partial charge in [0.2, 0.25) is 0 Å². The molecule has 1 rings (SSSR count). The summed E-state index contributed by atoms with van der Waals surface area (Å²) in [5.74, 6) is -0.337. The summed E-state index contributed by atoms with van der Waals surface area (Å²) in [5.41, 5.74) is 0.906. The van der Waals surface area contributed by atoms with Crippen LogP contribution in [0, 0.1) is 12.3 Å². The van der Waals surface area contributed by atoms with Crippen molar-refractivity contribution in [2.75, 3.05) is 0 Å². The molecule has 0 aliphatic rings. The number of benzene rings is 1. The maximum absolute atomic E-state index is 12.7. The van der Waals surface area contributed by atoms with Gasteiger partial charge in [-0.25, -0.2) is 0 Å². The summed E-state index contributed by atoms with van der Waals surface area (Å²) in [6.45, 7) is 8.87. The third-order valence-corrected chi connectivity index (χ3v) is 3.46. The fraction of sp³-hybridized carbons (Fsp3) is 0.500. The van der Waals surface area contributed by atoms with E-state index < -0.39 is 11.5 Å².